The number of carbonyl (C=O) groups is 2. The van der Waals surface area contributed by atoms with Gasteiger partial charge in [-0.2, -0.15) is 0 Å². The highest BCUT2D eigenvalue weighted by molar-refractivity contribution is 6.30. The molecule has 116 valence electrons. The van der Waals surface area contributed by atoms with Gasteiger partial charge in [-0.05, 0) is 32.1 Å². The van der Waals surface area contributed by atoms with E-state index in [-0.39, 0.29) is 23.7 Å². The van der Waals surface area contributed by atoms with Gasteiger partial charge in [-0.15, -0.1) is 0 Å². The predicted octanol–water partition coefficient (Wildman–Crippen LogP) is 0.963. The lowest BCUT2D eigenvalue weighted by molar-refractivity contribution is -0.905. The number of piperidine rings is 1. The minimum atomic E-state index is -0.197. The average molecular weight is 312 g/mol. The number of carbonyl (C=O) groups excluding carboxylic acids is 2. The third-order valence-electron chi connectivity index (χ3n) is 5.13. The number of nitrogens with one attached hydrogen (secondary N) is 1. The fourth-order valence-corrected chi connectivity index (χ4v) is 4.16. The van der Waals surface area contributed by atoms with Crippen LogP contribution in [0.3, 0.4) is 0 Å². The number of quaternary nitrogens is 1. The molecule has 0 aromatic rings. The maximum atomic E-state index is 12.4. The molecule has 0 unspecified atom stereocenters. The van der Waals surface area contributed by atoms with Gasteiger partial charge in [0.2, 0.25) is 11.8 Å². The van der Waals surface area contributed by atoms with E-state index in [0.29, 0.717) is 19.4 Å². The molecular weight excluding hydrogens is 288 g/mol. The van der Waals surface area contributed by atoms with Crippen molar-refractivity contribution in [1.82, 2.24) is 4.90 Å². The van der Waals surface area contributed by atoms with Crippen molar-refractivity contribution in [1.29, 1.82) is 0 Å². The number of fused-ring (bicyclic) bond motifs is 1. The molecule has 1 N–H and O–H groups in total. The predicted molar refractivity (Wildman–Crippen MR) is 80.9 cm³/mol. The summed E-state index contributed by atoms with van der Waals surface area (Å²) in [6.45, 7) is 4.15. The SMILES string of the molecule is O=C1[C@@H]2CC=C(Cl)C[C@H]2C(=O)N1CCC[NH+]1CCCCC1. The molecule has 0 saturated carbocycles. The standard InChI is InChI=1S/C16H23ClN2O2/c17-12-5-6-13-14(11-12)16(21)19(15(13)20)10-4-9-18-7-2-1-3-8-18/h5,13-14H,1-4,6-11H2/p+1/t13-,14-/m1/s1. The number of halogens is 1. The number of nitrogens with zero attached hydrogens (tertiary/aromatic N) is 1. The highest BCUT2D eigenvalue weighted by atomic mass is 35.5. The fraction of sp³-hybridized carbons (Fsp3) is 0.750. The number of likely N-dealkylation sites (tertiary alicyclic amines) is 2. The van der Waals surface area contributed by atoms with Crippen molar-refractivity contribution in [2.45, 2.75) is 38.5 Å². The molecule has 0 spiro atoms. The first-order chi connectivity index (χ1) is 10.2. The molecule has 0 aromatic heterocycles. The Morgan fingerprint density at radius 3 is 2.62 bits per heavy atom. The smallest absolute Gasteiger partial charge is 0.233 e. The molecule has 21 heavy (non-hydrogen) atoms. The van der Waals surface area contributed by atoms with Crippen LogP contribution in [0.5, 0.6) is 0 Å². The van der Waals surface area contributed by atoms with Gasteiger partial charge in [0.25, 0.3) is 0 Å². The Morgan fingerprint density at radius 2 is 1.86 bits per heavy atom. The van der Waals surface area contributed by atoms with Crippen molar-refractivity contribution >= 4 is 23.4 Å². The molecule has 0 aromatic carbocycles. The molecule has 0 radical (unpaired) electrons. The summed E-state index contributed by atoms with van der Waals surface area (Å²) in [7, 11) is 0. The summed E-state index contributed by atoms with van der Waals surface area (Å²) in [5, 5.41) is 0.733. The largest absolute Gasteiger partial charge is 0.335 e. The van der Waals surface area contributed by atoms with Crippen LogP contribution in [0.4, 0.5) is 0 Å². The van der Waals surface area contributed by atoms with Crippen molar-refractivity contribution in [2.75, 3.05) is 26.2 Å². The summed E-state index contributed by atoms with van der Waals surface area (Å²) in [6.07, 6.45) is 7.97. The number of amides is 2. The van der Waals surface area contributed by atoms with E-state index in [2.05, 4.69) is 0 Å². The van der Waals surface area contributed by atoms with Gasteiger partial charge in [0.05, 0.1) is 31.5 Å². The molecule has 0 bridgehead atoms. The molecule has 3 rings (SSSR count). The minimum Gasteiger partial charge on any atom is -0.335 e. The van der Waals surface area contributed by atoms with Gasteiger partial charge in [-0.25, -0.2) is 0 Å². The van der Waals surface area contributed by atoms with Crippen LogP contribution in [0.25, 0.3) is 0 Å². The first kappa shape index (κ1) is 15.0. The maximum Gasteiger partial charge on any atom is 0.233 e. The second-order valence-corrected chi connectivity index (χ2v) is 7.03. The second kappa shape index (κ2) is 6.49. The Kier molecular flexibility index (Phi) is 4.65. The lowest BCUT2D eigenvalue weighted by Gasteiger charge is -2.24. The fourth-order valence-electron chi connectivity index (χ4n) is 3.91. The Balaban J connectivity index is 1.52. The van der Waals surface area contributed by atoms with E-state index < -0.39 is 0 Å². The normalized spacial score (nSPS) is 30.5. The highest BCUT2D eigenvalue weighted by Gasteiger charge is 2.47. The third kappa shape index (κ3) is 3.16. The van der Waals surface area contributed by atoms with Gasteiger partial charge >= 0.3 is 0 Å². The molecular formula is C16H24ClN2O2+. The van der Waals surface area contributed by atoms with Crippen molar-refractivity contribution in [3.8, 4) is 0 Å². The summed E-state index contributed by atoms with van der Waals surface area (Å²) < 4.78 is 0. The number of hydrogen-bond acceptors (Lipinski definition) is 2. The maximum absolute atomic E-state index is 12.4. The van der Waals surface area contributed by atoms with Crippen LogP contribution in [-0.4, -0.2) is 42.9 Å². The Hall–Kier alpha value is -0.870. The molecule has 2 aliphatic heterocycles. The van der Waals surface area contributed by atoms with E-state index >= 15 is 0 Å². The second-order valence-electron chi connectivity index (χ2n) is 6.55. The molecule has 2 atom stereocenters. The van der Waals surface area contributed by atoms with Crippen molar-refractivity contribution < 1.29 is 14.5 Å². The van der Waals surface area contributed by atoms with E-state index in [9.17, 15) is 9.59 Å². The Bertz CT molecular complexity index is 457. The summed E-state index contributed by atoms with van der Waals surface area (Å²) in [4.78, 5) is 27.9. The zero-order valence-electron chi connectivity index (χ0n) is 12.4. The minimum absolute atomic E-state index is 0.00453. The van der Waals surface area contributed by atoms with Crippen molar-refractivity contribution in [2.24, 2.45) is 11.8 Å². The van der Waals surface area contributed by atoms with Gasteiger partial charge in [0, 0.05) is 18.0 Å². The number of rotatable bonds is 4. The topological polar surface area (TPSA) is 41.8 Å². The molecule has 1 aliphatic carbocycles. The quantitative estimate of drug-likeness (QED) is 0.786. The molecule has 2 amide bonds. The Labute approximate surface area is 131 Å². The lowest BCUT2D eigenvalue weighted by Crippen LogP contribution is -3.12. The van der Waals surface area contributed by atoms with Crippen LogP contribution in [0.2, 0.25) is 0 Å². The van der Waals surface area contributed by atoms with Crippen LogP contribution < -0.4 is 4.90 Å². The zero-order chi connectivity index (χ0) is 14.8. The molecule has 2 fully saturated rings. The number of hydrogen-bond donors (Lipinski definition) is 1. The summed E-state index contributed by atoms with van der Waals surface area (Å²) in [5.41, 5.74) is 0. The molecule has 5 heteroatoms. The summed E-state index contributed by atoms with van der Waals surface area (Å²) >= 11 is 6.03. The first-order valence-electron chi connectivity index (χ1n) is 8.20. The number of allylic oxidation sites excluding steroid dienone is 2. The van der Waals surface area contributed by atoms with Gasteiger partial charge < -0.3 is 4.90 Å². The lowest BCUT2D eigenvalue weighted by atomic mass is 9.85. The van der Waals surface area contributed by atoms with E-state index in [4.69, 9.17) is 11.6 Å². The van der Waals surface area contributed by atoms with Crippen LogP contribution in [0.15, 0.2) is 11.1 Å². The van der Waals surface area contributed by atoms with E-state index in [1.54, 1.807) is 4.90 Å². The molecule has 2 saturated heterocycles. The first-order valence-corrected chi connectivity index (χ1v) is 8.58. The van der Waals surface area contributed by atoms with Crippen LogP contribution in [0, 0.1) is 11.8 Å². The molecule has 3 aliphatic rings. The van der Waals surface area contributed by atoms with Crippen molar-refractivity contribution in [3.05, 3.63) is 11.1 Å². The number of imide groups is 1. The van der Waals surface area contributed by atoms with Gasteiger partial charge in [-0.1, -0.05) is 17.7 Å². The molecule has 4 nitrogen and oxygen atoms in total. The van der Waals surface area contributed by atoms with Gasteiger partial charge in [0.15, 0.2) is 0 Å². The highest BCUT2D eigenvalue weighted by Crippen LogP contribution is 2.38. The van der Waals surface area contributed by atoms with Gasteiger partial charge in [-0.3, -0.25) is 14.5 Å². The van der Waals surface area contributed by atoms with E-state index in [1.165, 1.54) is 37.3 Å². The zero-order valence-corrected chi connectivity index (χ0v) is 13.2. The van der Waals surface area contributed by atoms with E-state index in [0.717, 1.165) is 18.0 Å². The third-order valence-corrected chi connectivity index (χ3v) is 5.44. The van der Waals surface area contributed by atoms with E-state index in [1.807, 2.05) is 6.08 Å². The van der Waals surface area contributed by atoms with Crippen LogP contribution in [-0.2, 0) is 9.59 Å². The Morgan fingerprint density at radius 1 is 1.14 bits per heavy atom. The summed E-state index contributed by atoms with van der Waals surface area (Å²) in [6, 6.07) is 0. The monoisotopic (exact) mass is 311 g/mol. The average Bonchev–Trinajstić information content (AvgIpc) is 2.73. The van der Waals surface area contributed by atoms with Crippen molar-refractivity contribution in [3.63, 3.8) is 0 Å². The summed E-state index contributed by atoms with van der Waals surface area (Å²) in [5.74, 6) is -0.316. The molecule has 2 heterocycles. The van der Waals surface area contributed by atoms with Gasteiger partial charge in [0.1, 0.15) is 0 Å². The van der Waals surface area contributed by atoms with Crippen LogP contribution in [0.1, 0.15) is 38.5 Å². The van der Waals surface area contributed by atoms with Crippen LogP contribution >= 0.6 is 11.6 Å².